The number of carbonyl (C=O) groups is 1. The van der Waals surface area contributed by atoms with E-state index in [0.717, 1.165) is 0 Å². The van der Waals surface area contributed by atoms with Crippen LogP contribution in [0.2, 0.25) is 0 Å². The zero-order chi connectivity index (χ0) is 14.4. The number of hydrogen-bond acceptors (Lipinski definition) is 1. The highest BCUT2D eigenvalue weighted by molar-refractivity contribution is 5.75. The van der Waals surface area contributed by atoms with Gasteiger partial charge in [-0.05, 0) is 22.6 Å². The van der Waals surface area contributed by atoms with Crippen LogP contribution >= 0.6 is 0 Å². The third-order valence-electron chi connectivity index (χ3n) is 3.51. The fraction of sp³-hybridized carbons (Fsp3) is 0.278. The Hall–Kier alpha value is -2.09. The molecule has 2 nitrogen and oxygen atoms in total. The van der Waals surface area contributed by atoms with E-state index in [4.69, 9.17) is 0 Å². The van der Waals surface area contributed by atoms with Gasteiger partial charge in [-0.3, -0.25) is 4.79 Å². The molecule has 0 bridgehead atoms. The molecule has 0 saturated carbocycles. The average molecular weight is 267 g/mol. The molecule has 0 saturated heterocycles. The van der Waals surface area contributed by atoms with Gasteiger partial charge in [0.1, 0.15) is 0 Å². The second-order valence-electron chi connectivity index (χ2n) is 5.05. The molecule has 2 aromatic rings. The van der Waals surface area contributed by atoms with Gasteiger partial charge in [-0.15, -0.1) is 0 Å². The highest BCUT2D eigenvalue weighted by Gasteiger charge is 2.07. The van der Waals surface area contributed by atoms with Gasteiger partial charge >= 0.3 is 0 Å². The van der Waals surface area contributed by atoms with Crippen molar-refractivity contribution in [3.63, 3.8) is 0 Å². The van der Waals surface area contributed by atoms with Gasteiger partial charge < -0.3 is 5.32 Å². The Morgan fingerprint density at radius 3 is 2.20 bits per heavy atom. The molecule has 1 N–H and O–H groups in total. The van der Waals surface area contributed by atoms with Crippen LogP contribution in [0, 0.1) is 0 Å². The van der Waals surface area contributed by atoms with Crippen molar-refractivity contribution in [1.29, 1.82) is 0 Å². The lowest BCUT2D eigenvalue weighted by atomic mass is 9.97. The molecule has 2 heteroatoms. The van der Waals surface area contributed by atoms with Crippen LogP contribution in [0.15, 0.2) is 54.6 Å². The molecule has 0 fully saturated rings. The van der Waals surface area contributed by atoms with Crippen molar-refractivity contribution < 1.29 is 4.79 Å². The first kappa shape index (κ1) is 14.3. The van der Waals surface area contributed by atoms with Crippen LogP contribution in [0.25, 0.3) is 11.1 Å². The first-order valence-electron chi connectivity index (χ1n) is 7.12. The first-order valence-corrected chi connectivity index (χ1v) is 7.12. The number of nitrogens with one attached hydrogen (secondary N) is 1. The Morgan fingerprint density at radius 1 is 1.00 bits per heavy atom. The third-order valence-corrected chi connectivity index (χ3v) is 3.51. The van der Waals surface area contributed by atoms with E-state index in [1.807, 2.05) is 25.1 Å². The smallest absolute Gasteiger partial charge is 0.219 e. The molecule has 0 spiro atoms. The lowest BCUT2D eigenvalue weighted by molar-refractivity contribution is -0.120. The lowest BCUT2D eigenvalue weighted by Crippen LogP contribution is -2.26. The Morgan fingerprint density at radius 2 is 1.60 bits per heavy atom. The van der Waals surface area contributed by atoms with Crippen molar-refractivity contribution in [2.24, 2.45) is 0 Å². The molecular formula is C18H21NO. The van der Waals surface area contributed by atoms with E-state index < -0.39 is 0 Å². The molecule has 1 atom stereocenters. The maximum absolute atomic E-state index is 11.3. The zero-order valence-electron chi connectivity index (χ0n) is 12.1. The summed E-state index contributed by atoms with van der Waals surface area (Å²) in [5, 5.41) is 2.94. The standard InChI is InChI=1S/C18H21NO/c1-3-18(20)19-13-14(2)15-9-11-17(12-10-15)16-7-5-4-6-8-16/h4-12,14H,3,13H2,1-2H3,(H,19,20). The van der Waals surface area contributed by atoms with Crippen molar-refractivity contribution in [2.45, 2.75) is 26.2 Å². The van der Waals surface area contributed by atoms with Crippen LogP contribution in [-0.2, 0) is 4.79 Å². The molecule has 0 aliphatic rings. The molecule has 1 amide bonds. The molecule has 0 aliphatic heterocycles. The van der Waals surface area contributed by atoms with Crippen molar-refractivity contribution in [3.05, 3.63) is 60.2 Å². The number of hydrogen-bond donors (Lipinski definition) is 1. The van der Waals surface area contributed by atoms with Gasteiger partial charge in [0.25, 0.3) is 0 Å². The predicted octanol–water partition coefficient (Wildman–Crippen LogP) is 3.98. The summed E-state index contributed by atoms with van der Waals surface area (Å²) in [6.45, 7) is 4.69. The molecule has 0 radical (unpaired) electrons. The molecule has 2 aromatic carbocycles. The molecular weight excluding hydrogens is 246 g/mol. The van der Waals surface area contributed by atoms with Crippen LogP contribution < -0.4 is 5.32 Å². The minimum Gasteiger partial charge on any atom is -0.356 e. The minimum absolute atomic E-state index is 0.109. The SMILES string of the molecule is CCC(=O)NCC(C)c1ccc(-c2ccccc2)cc1. The Bertz CT molecular complexity index is 545. The first-order chi connectivity index (χ1) is 9.70. The Labute approximate surface area is 120 Å². The fourth-order valence-corrected chi connectivity index (χ4v) is 2.14. The summed E-state index contributed by atoms with van der Waals surface area (Å²) >= 11 is 0. The van der Waals surface area contributed by atoms with Crippen molar-refractivity contribution >= 4 is 5.91 Å². The summed E-state index contributed by atoms with van der Waals surface area (Å²) < 4.78 is 0. The highest BCUT2D eigenvalue weighted by Crippen LogP contribution is 2.22. The highest BCUT2D eigenvalue weighted by atomic mass is 16.1. The van der Waals surface area contributed by atoms with Crippen molar-refractivity contribution in [2.75, 3.05) is 6.54 Å². The lowest BCUT2D eigenvalue weighted by Gasteiger charge is -2.13. The molecule has 0 aliphatic carbocycles. The van der Waals surface area contributed by atoms with E-state index in [1.54, 1.807) is 0 Å². The van der Waals surface area contributed by atoms with E-state index in [1.165, 1.54) is 16.7 Å². The topological polar surface area (TPSA) is 29.1 Å². The Kier molecular flexibility index (Phi) is 4.94. The van der Waals surface area contributed by atoms with Crippen LogP contribution in [0.5, 0.6) is 0 Å². The molecule has 20 heavy (non-hydrogen) atoms. The maximum Gasteiger partial charge on any atom is 0.219 e. The largest absolute Gasteiger partial charge is 0.356 e. The van der Waals surface area contributed by atoms with Gasteiger partial charge in [0.05, 0.1) is 0 Å². The number of amides is 1. The predicted molar refractivity (Wildman–Crippen MR) is 83.6 cm³/mol. The fourth-order valence-electron chi connectivity index (χ4n) is 2.14. The summed E-state index contributed by atoms with van der Waals surface area (Å²) in [6, 6.07) is 18.9. The second-order valence-corrected chi connectivity index (χ2v) is 5.05. The summed E-state index contributed by atoms with van der Waals surface area (Å²) in [6.07, 6.45) is 0.541. The van der Waals surface area contributed by atoms with Crippen molar-refractivity contribution in [3.8, 4) is 11.1 Å². The maximum atomic E-state index is 11.3. The van der Waals surface area contributed by atoms with Crippen molar-refractivity contribution in [1.82, 2.24) is 5.32 Å². The number of rotatable bonds is 5. The number of benzene rings is 2. The van der Waals surface area contributed by atoms with E-state index >= 15 is 0 Å². The molecule has 1 unspecified atom stereocenters. The van der Waals surface area contributed by atoms with Crippen LogP contribution in [-0.4, -0.2) is 12.5 Å². The molecule has 104 valence electrons. The van der Waals surface area contributed by atoms with Gasteiger partial charge in [0.2, 0.25) is 5.91 Å². The normalized spacial score (nSPS) is 11.9. The third kappa shape index (κ3) is 3.70. The summed E-state index contributed by atoms with van der Waals surface area (Å²) in [5.74, 6) is 0.438. The van der Waals surface area contributed by atoms with Gasteiger partial charge in [0, 0.05) is 13.0 Å². The van der Waals surface area contributed by atoms with E-state index in [9.17, 15) is 4.79 Å². The zero-order valence-corrected chi connectivity index (χ0v) is 12.1. The summed E-state index contributed by atoms with van der Waals surface area (Å²) in [7, 11) is 0. The van der Waals surface area contributed by atoms with Gasteiger partial charge in [0.15, 0.2) is 0 Å². The molecule has 0 aromatic heterocycles. The Balaban J connectivity index is 2.03. The number of carbonyl (C=O) groups excluding carboxylic acids is 1. The van der Waals surface area contributed by atoms with E-state index in [-0.39, 0.29) is 5.91 Å². The summed E-state index contributed by atoms with van der Waals surface area (Å²) in [5.41, 5.74) is 3.70. The average Bonchev–Trinajstić information content (AvgIpc) is 2.53. The minimum atomic E-state index is 0.109. The van der Waals surface area contributed by atoms with Gasteiger partial charge in [-0.25, -0.2) is 0 Å². The van der Waals surface area contributed by atoms with Gasteiger partial charge in [-0.2, -0.15) is 0 Å². The van der Waals surface area contributed by atoms with Gasteiger partial charge in [-0.1, -0.05) is 68.4 Å². The molecule has 0 heterocycles. The van der Waals surface area contributed by atoms with E-state index in [2.05, 4.69) is 48.6 Å². The van der Waals surface area contributed by atoms with Crippen LogP contribution in [0.3, 0.4) is 0 Å². The quantitative estimate of drug-likeness (QED) is 0.872. The van der Waals surface area contributed by atoms with E-state index in [0.29, 0.717) is 18.9 Å². The summed E-state index contributed by atoms with van der Waals surface area (Å²) in [4.78, 5) is 11.3. The van der Waals surface area contributed by atoms with Crippen LogP contribution in [0.4, 0.5) is 0 Å². The second kappa shape index (κ2) is 6.90. The molecule has 2 rings (SSSR count). The van der Waals surface area contributed by atoms with Crippen LogP contribution in [0.1, 0.15) is 31.7 Å². The monoisotopic (exact) mass is 267 g/mol.